The van der Waals surface area contributed by atoms with E-state index in [2.05, 4.69) is 6.58 Å². The Morgan fingerprint density at radius 1 is 1.56 bits per heavy atom. The normalized spacial score (nSPS) is 43.3. The third kappa shape index (κ3) is 1.15. The summed E-state index contributed by atoms with van der Waals surface area (Å²) in [5.41, 5.74) is 0.327. The number of fused-ring (bicyclic) bond motifs is 1. The molecule has 3 fully saturated rings. The number of hydrogen-bond acceptors (Lipinski definition) is 5. The van der Waals surface area contributed by atoms with Gasteiger partial charge in [-0.1, -0.05) is 6.58 Å². The first-order valence-electron chi connectivity index (χ1n) is 5.28. The predicted molar refractivity (Wildman–Crippen MR) is 51.1 cm³/mol. The fraction of sp³-hybridized carbons (Fsp3) is 0.636. The molecule has 0 aromatic carbocycles. The van der Waals surface area contributed by atoms with Crippen LogP contribution in [0, 0.1) is 5.92 Å². The van der Waals surface area contributed by atoms with E-state index >= 15 is 0 Å². The second kappa shape index (κ2) is 2.85. The van der Waals surface area contributed by atoms with E-state index in [0.29, 0.717) is 18.4 Å². The molecule has 5 nitrogen and oxygen atoms in total. The van der Waals surface area contributed by atoms with Crippen LogP contribution in [0.3, 0.4) is 0 Å². The van der Waals surface area contributed by atoms with Crippen molar-refractivity contribution in [2.75, 3.05) is 0 Å². The summed E-state index contributed by atoms with van der Waals surface area (Å²) in [7, 11) is 0. The Balaban J connectivity index is 1.81. The zero-order valence-electron chi connectivity index (χ0n) is 8.89. The molecule has 16 heavy (non-hydrogen) atoms. The summed E-state index contributed by atoms with van der Waals surface area (Å²) in [4.78, 5) is 22.9. The summed E-state index contributed by atoms with van der Waals surface area (Å²) in [6, 6.07) is 0. The molecule has 0 saturated carbocycles. The molecule has 0 spiro atoms. The molecule has 3 saturated heterocycles. The summed E-state index contributed by atoms with van der Waals surface area (Å²) >= 11 is 0. The van der Waals surface area contributed by atoms with Crippen molar-refractivity contribution < 1.29 is 23.8 Å². The van der Waals surface area contributed by atoms with E-state index in [9.17, 15) is 9.59 Å². The van der Waals surface area contributed by atoms with Crippen LogP contribution in [-0.4, -0.2) is 29.9 Å². The molecule has 4 unspecified atom stereocenters. The minimum absolute atomic E-state index is 0.231. The average molecular weight is 224 g/mol. The first-order valence-corrected chi connectivity index (χ1v) is 5.28. The Morgan fingerprint density at radius 3 is 2.88 bits per heavy atom. The molecule has 0 radical (unpaired) electrons. The zero-order chi connectivity index (χ0) is 11.5. The van der Waals surface area contributed by atoms with Crippen LogP contribution in [0.15, 0.2) is 12.2 Å². The number of hydrogen-bond donors (Lipinski definition) is 0. The van der Waals surface area contributed by atoms with Crippen LogP contribution in [-0.2, 0) is 23.8 Å². The van der Waals surface area contributed by atoms with Crippen molar-refractivity contribution in [2.45, 2.75) is 37.8 Å². The summed E-state index contributed by atoms with van der Waals surface area (Å²) in [6.45, 7) is 5.10. The average Bonchev–Trinajstić information content (AvgIpc) is 2.74. The van der Waals surface area contributed by atoms with Gasteiger partial charge < -0.3 is 14.2 Å². The van der Waals surface area contributed by atoms with Gasteiger partial charge in [-0.25, -0.2) is 4.79 Å². The fourth-order valence-corrected chi connectivity index (χ4v) is 2.64. The van der Waals surface area contributed by atoms with Crippen LogP contribution < -0.4 is 0 Å². The molecule has 0 N–H and O–H groups in total. The second-order valence-corrected chi connectivity index (χ2v) is 4.65. The highest BCUT2D eigenvalue weighted by molar-refractivity contribution is 5.87. The SMILES string of the molecule is C=C(C)C(=O)OC12CC3OC(=O)C(C1)C3O2. The quantitative estimate of drug-likeness (QED) is 0.506. The molecule has 3 aliphatic heterocycles. The van der Waals surface area contributed by atoms with E-state index in [4.69, 9.17) is 14.2 Å². The van der Waals surface area contributed by atoms with Crippen molar-refractivity contribution in [3.8, 4) is 0 Å². The number of carbonyl (C=O) groups excluding carboxylic acids is 2. The van der Waals surface area contributed by atoms with Crippen molar-refractivity contribution in [1.29, 1.82) is 0 Å². The molecular formula is C11H12O5. The number of esters is 2. The Hall–Kier alpha value is -1.36. The molecule has 0 aliphatic carbocycles. The molecule has 86 valence electrons. The van der Waals surface area contributed by atoms with Gasteiger partial charge in [-0.2, -0.15) is 0 Å². The van der Waals surface area contributed by atoms with Gasteiger partial charge in [0, 0.05) is 12.0 Å². The Bertz CT molecular complexity index is 397. The Labute approximate surface area is 92.3 Å². The fourth-order valence-electron chi connectivity index (χ4n) is 2.64. The van der Waals surface area contributed by atoms with Crippen LogP contribution >= 0.6 is 0 Å². The van der Waals surface area contributed by atoms with Crippen molar-refractivity contribution in [3.05, 3.63) is 12.2 Å². The van der Waals surface area contributed by atoms with Gasteiger partial charge in [-0.05, 0) is 6.92 Å². The van der Waals surface area contributed by atoms with Gasteiger partial charge in [0.1, 0.15) is 12.2 Å². The third-order valence-corrected chi connectivity index (χ3v) is 3.35. The molecule has 5 heteroatoms. The minimum atomic E-state index is -0.956. The predicted octanol–water partition coefficient (Wildman–Crippen LogP) is 0.536. The lowest BCUT2D eigenvalue weighted by Gasteiger charge is -2.24. The maximum Gasteiger partial charge on any atom is 0.335 e. The van der Waals surface area contributed by atoms with E-state index in [1.165, 1.54) is 0 Å². The zero-order valence-corrected chi connectivity index (χ0v) is 8.89. The molecule has 0 amide bonds. The number of carbonyl (C=O) groups is 2. The number of ether oxygens (including phenoxy) is 3. The lowest BCUT2D eigenvalue weighted by Crippen LogP contribution is -2.34. The van der Waals surface area contributed by atoms with Gasteiger partial charge in [0.05, 0.1) is 12.3 Å². The molecule has 2 bridgehead atoms. The van der Waals surface area contributed by atoms with E-state index in [1.54, 1.807) is 6.92 Å². The summed E-state index contributed by atoms with van der Waals surface area (Å²) in [5, 5.41) is 0. The topological polar surface area (TPSA) is 61.8 Å². The van der Waals surface area contributed by atoms with Gasteiger partial charge in [0.25, 0.3) is 0 Å². The number of rotatable bonds is 2. The van der Waals surface area contributed by atoms with Crippen molar-refractivity contribution in [3.63, 3.8) is 0 Å². The molecule has 3 rings (SSSR count). The van der Waals surface area contributed by atoms with Crippen LogP contribution in [0.1, 0.15) is 19.8 Å². The smallest absolute Gasteiger partial charge is 0.335 e. The molecule has 0 aromatic rings. The third-order valence-electron chi connectivity index (χ3n) is 3.35. The van der Waals surface area contributed by atoms with Crippen LogP contribution in [0.5, 0.6) is 0 Å². The lowest BCUT2D eigenvalue weighted by molar-refractivity contribution is -0.202. The molecule has 3 heterocycles. The van der Waals surface area contributed by atoms with E-state index in [-0.39, 0.29) is 24.1 Å². The molecule has 4 atom stereocenters. The van der Waals surface area contributed by atoms with Crippen molar-refractivity contribution >= 4 is 11.9 Å². The maximum atomic E-state index is 11.5. The van der Waals surface area contributed by atoms with E-state index in [1.807, 2.05) is 0 Å². The standard InChI is InChI=1S/C11H12O5/c1-5(2)9(12)16-11-3-6-8(15-11)7(4-11)14-10(6)13/h6-8H,1,3-4H2,2H3. The van der Waals surface area contributed by atoms with Gasteiger partial charge >= 0.3 is 11.9 Å². The van der Waals surface area contributed by atoms with Crippen LogP contribution in [0.2, 0.25) is 0 Å². The van der Waals surface area contributed by atoms with Crippen LogP contribution in [0.25, 0.3) is 0 Å². The minimum Gasteiger partial charge on any atom is -0.459 e. The summed E-state index contributed by atoms with van der Waals surface area (Å²) in [6.07, 6.45) is 0.375. The second-order valence-electron chi connectivity index (χ2n) is 4.65. The highest BCUT2D eigenvalue weighted by Crippen LogP contribution is 2.53. The maximum absolute atomic E-state index is 11.5. The van der Waals surface area contributed by atoms with Gasteiger partial charge in [0.2, 0.25) is 5.79 Å². The van der Waals surface area contributed by atoms with E-state index in [0.717, 1.165) is 0 Å². The van der Waals surface area contributed by atoms with E-state index < -0.39 is 11.8 Å². The van der Waals surface area contributed by atoms with Crippen LogP contribution in [0.4, 0.5) is 0 Å². The van der Waals surface area contributed by atoms with Gasteiger partial charge in [-0.3, -0.25) is 4.79 Å². The Morgan fingerprint density at radius 2 is 2.31 bits per heavy atom. The van der Waals surface area contributed by atoms with Gasteiger partial charge in [-0.15, -0.1) is 0 Å². The molecule has 3 aliphatic rings. The first-order chi connectivity index (χ1) is 7.51. The highest BCUT2D eigenvalue weighted by atomic mass is 16.7. The van der Waals surface area contributed by atoms with Crippen molar-refractivity contribution in [1.82, 2.24) is 0 Å². The largest absolute Gasteiger partial charge is 0.459 e. The van der Waals surface area contributed by atoms with Gasteiger partial charge in [0.15, 0.2) is 0 Å². The monoisotopic (exact) mass is 224 g/mol. The molecule has 0 aromatic heterocycles. The van der Waals surface area contributed by atoms with Crippen molar-refractivity contribution in [2.24, 2.45) is 5.92 Å². The first kappa shape index (κ1) is 9.84. The summed E-state index contributed by atoms with van der Waals surface area (Å²) in [5.74, 6) is -1.94. The summed E-state index contributed by atoms with van der Waals surface area (Å²) < 4.78 is 16.0. The Kier molecular flexibility index (Phi) is 1.75. The highest BCUT2D eigenvalue weighted by Gasteiger charge is 2.67. The molecular weight excluding hydrogens is 212 g/mol. The lowest BCUT2D eigenvalue weighted by atomic mass is 9.88.